The van der Waals surface area contributed by atoms with Gasteiger partial charge in [-0.2, -0.15) is 0 Å². The quantitative estimate of drug-likeness (QED) is 0.767. The first-order chi connectivity index (χ1) is 11.9. The van der Waals surface area contributed by atoms with Crippen molar-refractivity contribution >= 4 is 13.0 Å². The maximum absolute atomic E-state index is 13.0. The predicted octanol–water partition coefficient (Wildman–Crippen LogP) is 2.62. The third kappa shape index (κ3) is 2.59. The van der Waals surface area contributed by atoms with E-state index in [0.717, 1.165) is 31.7 Å². The van der Waals surface area contributed by atoms with E-state index in [0.29, 0.717) is 11.3 Å². The van der Waals surface area contributed by atoms with E-state index in [2.05, 4.69) is 20.8 Å². The molecule has 2 N–H and O–H groups in total. The van der Waals surface area contributed by atoms with Gasteiger partial charge in [-0.3, -0.25) is 4.79 Å². The summed E-state index contributed by atoms with van der Waals surface area (Å²) in [6.07, 6.45) is 4.41. The van der Waals surface area contributed by atoms with E-state index in [-0.39, 0.29) is 36.1 Å². The van der Waals surface area contributed by atoms with E-state index in [9.17, 15) is 4.79 Å². The van der Waals surface area contributed by atoms with Gasteiger partial charge in [0.05, 0.1) is 23.7 Å². The number of carbonyl (C=O) groups excluding carboxylic acids is 1. The van der Waals surface area contributed by atoms with E-state index in [1.165, 1.54) is 6.42 Å². The third-order valence-corrected chi connectivity index (χ3v) is 7.93. The average Bonchev–Trinajstić information content (AvgIpc) is 3.15. The molecule has 0 aromatic heterocycles. The van der Waals surface area contributed by atoms with Gasteiger partial charge in [0.2, 0.25) is 5.91 Å². The maximum atomic E-state index is 13.0. The number of rotatable bonds is 2. The van der Waals surface area contributed by atoms with E-state index in [4.69, 9.17) is 15.0 Å². The molecule has 146 valence electrons. The Balaban J connectivity index is 1.51. The fourth-order valence-electron chi connectivity index (χ4n) is 5.81. The van der Waals surface area contributed by atoms with Crippen molar-refractivity contribution in [2.24, 2.45) is 28.4 Å². The molecule has 5 rings (SSSR count). The van der Waals surface area contributed by atoms with Gasteiger partial charge >= 0.3 is 7.12 Å². The molecule has 5 fully saturated rings. The van der Waals surface area contributed by atoms with Gasteiger partial charge in [0.25, 0.3) is 0 Å². The van der Waals surface area contributed by atoms with Gasteiger partial charge in [-0.15, -0.1) is 0 Å². The fourth-order valence-corrected chi connectivity index (χ4v) is 5.81. The van der Waals surface area contributed by atoms with E-state index in [1.807, 2.05) is 25.7 Å². The molecule has 5 aliphatic rings. The van der Waals surface area contributed by atoms with Crippen molar-refractivity contribution in [2.45, 2.75) is 90.9 Å². The van der Waals surface area contributed by atoms with E-state index >= 15 is 0 Å². The van der Waals surface area contributed by atoms with E-state index in [1.54, 1.807) is 0 Å². The maximum Gasteiger partial charge on any atom is 0.481 e. The van der Waals surface area contributed by atoms with E-state index < -0.39 is 6.04 Å². The zero-order chi connectivity index (χ0) is 19.1. The molecule has 3 aliphatic carbocycles. The number of hydrogen-bond donors (Lipinski definition) is 1. The second-order valence-electron chi connectivity index (χ2n) is 11.0. The molecule has 2 saturated heterocycles. The molecule has 0 radical (unpaired) electrons. The van der Waals surface area contributed by atoms with Gasteiger partial charge in [-0.1, -0.05) is 34.6 Å². The molecule has 2 bridgehead atoms. The first-order valence-electron chi connectivity index (χ1n) is 10.3. The zero-order valence-electron chi connectivity index (χ0n) is 17.2. The molecule has 5 nitrogen and oxygen atoms in total. The molecule has 1 amide bonds. The van der Waals surface area contributed by atoms with Gasteiger partial charge in [0, 0.05) is 6.54 Å². The summed E-state index contributed by atoms with van der Waals surface area (Å²) in [4.78, 5) is 15.0. The highest BCUT2D eigenvalue weighted by atomic mass is 16.7. The van der Waals surface area contributed by atoms with Gasteiger partial charge in [0.15, 0.2) is 0 Å². The number of nitrogens with zero attached hydrogens (tertiary/aromatic N) is 1. The van der Waals surface area contributed by atoms with Crippen LogP contribution in [0.3, 0.4) is 0 Å². The summed E-state index contributed by atoms with van der Waals surface area (Å²) in [5.41, 5.74) is 6.18. The highest BCUT2D eigenvalue weighted by molar-refractivity contribution is 6.48. The SMILES string of the molecule is CC(C)(C)[C@H](N)C(=O)N1CCC[C@H]1B1O[C@@H]2[C@@H]3C[C@H](C[C@]2(C)O1)C3(C)C. The van der Waals surface area contributed by atoms with Crippen LogP contribution >= 0.6 is 0 Å². The number of amides is 1. The Morgan fingerprint density at radius 2 is 2.00 bits per heavy atom. The fraction of sp³-hybridized carbons (Fsp3) is 0.950. The molecule has 6 heteroatoms. The van der Waals surface area contributed by atoms with Crippen LogP contribution in [-0.4, -0.2) is 48.2 Å². The molecule has 3 saturated carbocycles. The predicted molar refractivity (Wildman–Crippen MR) is 102 cm³/mol. The summed E-state index contributed by atoms with van der Waals surface area (Å²) in [5, 5.41) is 0. The van der Waals surface area contributed by atoms with Crippen LogP contribution in [0.15, 0.2) is 0 Å². The molecule has 0 unspecified atom stereocenters. The Hall–Kier alpha value is -0.585. The van der Waals surface area contributed by atoms with Crippen molar-refractivity contribution in [1.82, 2.24) is 4.90 Å². The molecule has 2 aliphatic heterocycles. The number of carbonyl (C=O) groups is 1. The molecule has 0 aromatic carbocycles. The molecule has 0 aromatic rings. The van der Waals surface area contributed by atoms with Crippen LogP contribution in [0.4, 0.5) is 0 Å². The lowest BCUT2D eigenvalue weighted by atomic mass is 9.45. The highest BCUT2D eigenvalue weighted by Crippen LogP contribution is 2.64. The Kier molecular flexibility index (Phi) is 4.12. The normalized spacial score (nSPS) is 42.4. The molecular formula is C20H35BN2O3. The highest BCUT2D eigenvalue weighted by Gasteiger charge is 2.68. The Morgan fingerprint density at radius 3 is 2.62 bits per heavy atom. The monoisotopic (exact) mass is 362 g/mol. The first-order valence-corrected chi connectivity index (χ1v) is 10.3. The number of likely N-dealkylation sites (tertiary alicyclic amines) is 1. The molecule has 26 heavy (non-hydrogen) atoms. The summed E-state index contributed by atoms with van der Waals surface area (Å²) in [6, 6.07) is -0.492. The Bertz CT molecular complexity index is 604. The van der Waals surface area contributed by atoms with Crippen LogP contribution < -0.4 is 5.73 Å². The number of hydrogen-bond acceptors (Lipinski definition) is 4. The minimum absolute atomic E-state index is 0.00126. The molecular weight excluding hydrogens is 327 g/mol. The molecule has 6 atom stereocenters. The summed E-state index contributed by atoms with van der Waals surface area (Å²) in [7, 11) is -0.307. The van der Waals surface area contributed by atoms with Crippen molar-refractivity contribution < 1.29 is 14.1 Å². The summed E-state index contributed by atoms with van der Waals surface area (Å²) < 4.78 is 13.0. The molecule has 0 spiro atoms. The van der Waals surface area contributed by atoms with Crippen LogP contribution in [0.2, 0.25) is 0 Å². The van der Waals surface area contributed by atoms with Crippen molar-refractivity contribution in [3.63, 3.8) is 0 Å². The van der Waals surface area contributed by atoms with Gasteiger partial charge in [-0.25, -0.2) is 0 Å². The summed E-state index contributed by atoms with van der Waals surface area (Å²) in [6.45, 7) is 13.8. The van der Waals surface area contributed by atoms with Crippen LogP contribution in [-0.2, 0) is 14.1 Å². The van der Waals surface area contributed by atoms with Crippen LogP contribution in [0.1, 0.15) is 67.2 Å². The largest absolute Gasteiger partial charge is 0.481 e. The second kappa shape index (κ2) is 5.71. The van der Waals surface area contributed by atoms with Gasteiger partial charge < -0.3 is 19.9 Å². The van der Waals surface area contributed by atoms with Crippen molar-refractivity contribution in [3.05, 3.63) is 0 Å². The van der Waals surface area contributed by atoms with Crippen molar-refractivity contribution in [3.8, 4) is 0 Å². The lowest BCUT2D eigenvalue weighted by Gasteiger charge is -2.63. The van der Waals surface area contributed by atoms with Crippen molar-refractivity contribution in [2.75, 3.05) is 6.54 Å². The Labute approximate surface area is 158 Å². The number of nitrogens with two attached hydrogens (primary N) is 1. The Morgan fingerprint density at radius 1 is 1.31 bits per heavy atom. The summed E-state index contributed by atoms with van der Waals surface area (Å²) in [5.74, 6) is 1.33. The van der Waals surface area contributed by atoms with Crippen LogP contribution in [0.25, 0.3) is 0 Å². The van der Waals surface area contributed by atoms with Crippen molar-refractivity contribution in [1.29, 1.82) is 0 Å². The summed E-state index contributed by atoms with van der Waals surface area (Å²) >= 11 is 0. The topological polar surface area (TPSA) is 64.8 Å². The second-order valence-corrected chi connectivity index (χ2v) is 11.0. The lowest BCUT2D eigenvalue weighted by molar-refractivity contribution is -0.185. The first kappa shape index (κ1) is 18.8. The smallest absolute Gasteiger partial charge is 0.404 e. The van der Waals surface area contributed by atoms with Crippen LogP contribution in [0.5, 0.6) is 0 Å². The third-order valence-electron chi connectivity index (χ3n) is 7.93. The lowest BCUT2D eigenvalue weighted by Crippen LogP contribution is -2.63. The molecule has 2 heterocycles. The average molecular weight is 362 g/mol. The minimum atomic E-state index is -0.492. The van der Waals surface area contributed by atoms with Gasteiger partial charge in [0.1, 0.15) is 0 Å². The standard InChI is InChI=1S/C20H35BN2O3/c1-18(2,3)15(22)17(24)23-9-7-8-14(23)21-25-16-13-10-12(19(13,4)5)11-20(16,6)26-21/h12-16H,7-11,22H2,1-6H3/t12-,13+,14+,15-,16-,20+/m1/s1. The minimum Gasteiger partial charge on any atom is -0.404 e. The zero-order valence-corrected chi connectivity index (χ0v) is 17.2. The van der Waals surface area contributed by atoms with Crippen LogP contribution in [0, 0.1) is 22.7 Å². The van der Waals surface area contributed by atoms with Gasteiger partial charge in [-0.05, 0) is 55.3 Å².